The molecule has 94 valence electrons. The van der Waals surface area contributed by atoms with E-state index < -0.39 is 0 Å². The molecule has 0 bridgehead atoms. The van der Waals surface area contributed by atoms with Crippen LogP contribution in [0.5, 0.6) is 5.75 Å². The SMILES string of the molecule is CC(C)Nc1ccc(Nc2ccc(O)cc2)cc1. The molecule has 0 spiro atoms. The summed E-state index contributed by atoms with van der Waals surface area (Å²) in [7, 11) is 0. The van der Waals surface area contributed by atoms with Crippen molar-refractivity contribution in [1.29, 1.82) is 0 Å². The number of hydrogen-bond acceptors (Lipinski definition) is 3. The average Bonchev–Trinajstić information content (AvgIpc) is 2.34. The second-order valence-corrected chi connectivity index (χ2v) is 4.55. The third-order valence-electron chi connectivity index (χ3n) is 2.50. The van der Waals surface area contributed by atoms with Crippen molar-refractivity contribution in [3.8, 4) is 5.75 Å². The Morgan fingerprint density at radius 2 is 1.22 bits per heavy atom. The molecule has 0 unspecified atom stereocenters. The summed E-state index contributed by atoms with van der Waals surface area (Å²) in [6, 6.07) is 15.6. The molecule has 0 aliphatic heterocycles. The molecule has 0 saturated carbocycles. The van der Waals surface area contributed by atoms with E-state index in [1.54, 1.807) is 12.1 Å². The molecule has 0 aliphatic carbocycles. The third kappa shape index (κ3) is 3.42. The molecular formula is C15H18N2O. The Labute approximate surface area is 107 Å². The summed E-state index contributed by atoms with van der Waals surface area (Å²) in [6.45, 7) is 4.23. The number of phenols is 1. The number of aromatic hydroxyl groups is 1. The molecule has 0 fully saturated rings. The van der Waals surface area contributed by atoms with Crippen LogP contribution in [0.2, 0.25) is 0 Å². The second-order valence-electron chi connectivity index (χ2n) is 4.55. The number of rotatable bonds is 4. The van der Waals surface area contributed by atoms with Crippen LogP contribution in [0.3, 0.4) is 0 Å². The van der Waals surface area contributed by atoms with Gasteiger partial charge in [-0.1, -0.05) is 0 Å². The Bertz CT molecular complexity index is 489. The molecule has 3 heteroatoms. The summed E-state index contributed by atoms with van der Waals surface area (Å²) in [4.78, 5) is 0. The van der Waals surface area contributed by atoms with Crippen LogP contribution in [0.4, 0.5) is 17.1 Å². The fraction of sp³-hybridized carbons (Fsp3) is 0.200. The van der Waals surface area contributed by atoms with Gasteiger partial charge in [0.1, 0.15) is 5.75 Å². The predicted molar refractivity (Wildman–Crippen MR) is 76.6 cm³/mol. The van der Waals surface area contributed by atoms with Crippen LogP contribution in [0.1, 0.15) is 13.8 Å². The number of phenolic OH excluding ortho intramolecular Hbond substituents is 1. The van der Waals surface area contributed by atoms with Crippen molar-refractivity contribution in [2.75, 3.05) is 10.6 Å². The summed E-state index contributed by atoms with van der Waals surface area (Å²) < 4.78 is 0. The van der Waals surface area contributed by atoms with Crippen LogP contribution in [-0.2, 0) is 0 Å². The fourth-order valence-corrected chi connectivity index (χ4v) is 1.69. The maximum atomic E-state index is 9.21. The highest BCUT2D eigenvalue weighted by Gasteiger charge is 1.97. The van der Waals surface area contributed by atoms with Crippen molar-refractivity contribution in [3.05, 3.63) is 48.5 Å². The maximum Gasteiger partial charge on any atom is 0.115 e. The highest BCUT2D eigenvalue weighted by molar-refractivity contribution is 5.62. The minimum Gasteiger partial charge on any atom is -0.508 e. The van der Waals surface area contributed by atoms with Crippen molar-refractivity contribution in [2.24, 2.45) is 0 Å². The molecular weight excluding hydrogens is 224 g/mol. The van der Waals surface area contributed by atoms with E-state index in [4.69, 9.17) is 0 Å². The largest absolute Gasteiger partial charge is 0.508 e. The van der Waals surface area contributed by atoms with Crippen molar-refractivity contribution < 1.29 is 5.11 Å². The molecule has 3 N–H and O–H groups in total. The highest BCUT2D eigenvalue weighted by atomic mass is 16.3. The molecule has 0 heterocycles. The first-order valence-corrected chi connectivity index (χ1v) is 6.06. The number of hydrogen-bond donors (Lipinski definition) is 3. The fourth-order valence-electron chi connectivity index (χ4n) is 1.69. The van der Waals surface area contributed by atoms with E-state index in [-0.39, 0.29) is 5.75 Å². The zero-order valence-electron chi connectivity index (χ0n) is 10.6. The number of anilines is 3. The molecule has 0 amide bonds. The summed E-state index contributed by atoms with van der Waals surface area (Å²) in [6.07, 6.45) is 0. The molecule has 0 atom stereocenters. The number of nitrogens with one attached hydrogen (secondary N) is 2. The normalized spacial score (nSPS) is 10.4. The van der Waals surface area contributed by atoms with Crippen LogP contribution in [0, 0.1) is 0 Å². The zero-order valence-corrected chi connectivity index (χ0v) is 10.6. The average molecular weight is 242 g/mol. The van der Waals surface area contributed by atoms with Crippen LogP contribution in [0.15, 0.2) is 48.5 Å². The van der Waals surface area contributed by atoms with Gasteiger partial charge in [-0.3, -0.25) is 0 Å². The van der Waals surface area contributed by atoms with E-state index in [1.807, 2.05) is 36.4 Å². The molecule has 0 aromatic heterocycles. The minimum absolute atomic E-state index is 0.275. The van der Waals surface area contributed by atoms with Crippen molar-refractivity contribution in [1.82, 2.24) is 0 Å². The predicted octanol–water partition coefficient (Wildman–Crippen LogP) is 3.96. The van der Waals surface area contributed by atoms with Crippen LogP contribution in [-0.4, -0.2) is 11.1 Å². The lowest BCUT2D eigenvalue weighted by Crippen LogP contribution is -2.09. The van der Waals surface area contributed by atoms with Gasteiger partial charge in [0.2, 0.25) is 0 Å². The Kier molecular flexibility index (Phi) is 3.72. The van der Waals surface area contributed by atoms with E-state index in [2.05, 4.69) is 24.5 Å². The van der Waals surface area contributed by atoms with E-state index in [0.717, 1.165) is 17.1 Å². The molecule has 0 saturated heterocycles. The first kappa shape index (κ1) is 12.3. The van der Waals surface area contributed by atoms with Gasteiger partial charge in [0, 0.05) is 23.1 Å². The molecule has 3 nitrogen and oxygen atoms in total. The van der Waals surface area contributed by atoms with Crippen molar-refractivity contribution in [3.63, 3.8) is 0 Å². The Morgan fingerprint density at radius 1 is 0.778 bits per heavy atom. The quantitative estimate of drug-likeness (QED) is 0.711. The molecule has 2 rings (SSSR count). The van der Waals surface area contributed by atoms with E-state index in [9.17, 15) is 5.11 Å². The van der Waals surface area contributed by atoms with Gasteiger partial charge in [0.25, 0.3) is 0 Å². The minimum atomic E-state index is 0.275. The molecule has 0 aliphatic rings. The summed E-state index contributed by atoms with van der Waals surface area (Å²) >= 11 is 0. The zero-order chi connectivity index (χ0) is 13.0. The standard InChI is InChI=1S/C15H18N2O/c1-11(2)16-12-3-5-13(6-4-12)17-14-7-9-15(18)10-8-14/h3-11,16-18H,1-2H3. The van der Waals surface area contributed by atoms with E-state index in [0.29, 0.717) is 6.04 Å². The van der Waals surface area contributed by atoms with Gasteiger partial charge in [-0.05, 0) is 62.4 Å². The highest BCUT2D eigenvalue weighted by Crippen LogP contribution is 2.21. The van der Waals surface area contributed by atoms with Gasteiger partial charge in [0.05, 0.1) is 0 Å². The van der Waals surface area contributed by atoms with E-state index >= 15 is 0 Å². The maximum absolute atomic E-state index is 9.21. The molecule has 2 aromatic rings. The lowest BCUT2D eigenvalue weighted by atomic mass is 10.2. The van der Waals surface area contributed by atoms with Gasteiger partial charge in [-0.25, -0.2) is 0 Å². The summed E-state index contributed by atoms with van der Waals surface area (Å²) in [5.41, 5.74) is 3.09. The van der Waals surface area contributed by atoms with Gasteiger partial charge < -0.3 is 15.7 Å². The lowest BCUT2D eigenvalue weighted by molar-refractivity contribution is 0.475. The van der Waals surface area contributed by atoms with Crippen molar-refractivity contribution >= 4 is 17.1 Å². The van der Waals surface area contributed by atoms with Crippen LogP contribution < -0.4 is 10.6 Å². The van der Waals surface area contributed by atoms with Crippen LogP contribution in [0.25, 0.3) is 0 Å². The first-order chi connectivity index (χ1) is 8.63. The summed E-state index contributed by atoms with van der Waals surface area (Å²) in [5, 5.41) is 15.8. The monoisotopic (exact) mass is 242 g/mol. The van der Waals surface area contributed by atoms with Gasteiger partial charge >= 0.3 is 0 Å². The molecule has 2 aromatic carbocycles. The van der Waals surface area contributed by atoms with Gasteiger partial charge in [-0.15, -0.1) is 0 Å². The molecule has 0 radical (unpaired) electrons. The smallest absolute Gasteiger partial charge is 0.115 e. The lowest BCUT2D eigenvalue weighted by Gasteiger charge is -2.11. The topological polar surface area (TPSA) is 44.3 Å². The van der Waals surface area contributed by atoms with E-state index in [1.165, 1.54) is 0 Å². The number of benzene rings is 2. The summed E-state index contributed by atoms with van der Waals surface area (Å²) in [5.74, 6) is 0.275. The first-order valence-electron chi connectivity index (χ1n) is 6.06. The van der Waals surface area contributed by atoms with Crippen molar-refractivity contribution in [2.45, 2.75) is 19.9 Å². The Balaban J connectivity index is 2.04. The van der Waals surface area contributed by atoms with Gasteiger partial charge in [0.15, 0.2) is 0 Å². The third-order valence-corrected chi connectivity index (χ3v) is 2.50. The Hall–Kier alpha value is -2.16. The second kappa shape index (κ2) is 5.45. The van der Waals surface area contributed by atoms with Gasteiger partial charge in [-0.2, -0.15) is 0 Å². The Morgan fingerprint density at radius 3 is 1.72 bits per heavy atom. The molecule has 18 heavy (non-hydrogen) atoms. The van der Waals surface area contributed by atoms with Crippen LogP contribution >= 0.6 is 0 Å².